The van der Waals surface area contributed by atoms with Gasteiger partial charge in [0.25, 0.3) is 0 Å². The van der Waals surface area contributed by atoms with E-state index in [1.807, 2.05) is 6.08 Å². The van der Waals surface area contributed by atoms with Gasteiger partial charge in [-0.2, -0.15) is 0 Å². The maximum atomic E-state index is 11.2. The zero-order chi connectivity index (χ0) is 12.0. The van der Waals surface area contributed by atoms with Gasteiger partial charge in [-0.15, -0.1) is 0 Å². The molecule has 2 unspecified atom stereocenters. The molecule has 2 heteroatoms. The van der Waals surface area contributed by atoms with Gasteiger partial charge in [0.2, 0.25) is 0 Å². The topological polar surface area (TPSA) is 26.3 Å². The van der Waals surface area contributed by atoms with E-state index in [2.05, 4.69) is 13.5 Å². The minimum absolute atomic E-state index is 0.178. The Morgan fingerprint density at radius 3 is 2.88 bits per heavy atom. The van der Waals surface area contributed by atoms with E-state index in [4.69, 9.17) is 4.74 Å². The zero-order valence-corrected chi connectivity index (χ0v) is 10.6. The zero-order valence-electron chi connectivity index (χ0n) is 10.6. The number of ether oxygens (including phenoxy) is 1. The average Bonchev–Trinajstić information content (AvgIpc) is 2.27. The van der Waals surface area contributed by atoms with Crippen LogP contribution in [0, 0.1) is 5.92 Å². The van der Waals surface area contributed by atoms with Crippen molar-refractivity contribution in [3.63, 3.8) is 0 Å². The molecule has 1 aliphatic rings. The number of rotatable bonds is 5. The summed E-state index contributed by atoms with van der Waals surface area (Å²) in [5.74, 6) is 0.297. The lowest BCUT2D eigenvalue weighted by molar-refractivity contribution is -0.160. The Labute approximate surface area is 99.1 Å². The second-order valence-electron chi connectivity index (χ2n) is 4.84. The number of hydrogen-bond acceptors (Lipinski definition) is 2. The third-order valence-corrected chi connectivity index (χ3v) is 3.65. The van der Waals surface area contributed by atoms with Crippen LogP contribution >= 0.6 is 0 Å². The predicted molar refractivity (Wildman–Crippen MR) is 66.2 cm³/mol. The third-order valence-electron chi connectivity index (χ3n) is 3.65. The molecule has 92 valence electrons. The van der Waals surface area contributed by atoms with Gasteiger partial charge >= 0.3 is 5.97 Å². The fraction of sp³-hybridized carbons (Fsp3) is 0.786. The van der Waals surface area contributed by atoms with Crippen LogP contribution in [0.4, 0.5) is 0 Å². The summed E-state index contributed by atoms with van der Waals surface area (Å²) in [6.07, 6.45) is 9.94. The van der Waals surface area contributed by atoms with Crippen LogP contribution in [0.25, 0.3) is 0 Å². The lowest BCUT2D eigenvalue weighted by Gasteiger charge is -2.41. The van der Waals surface area contributed by atoms with Crippen molar-refractivity contribution in [3.8, 4) is 0 Å². The van der Waals surface area contributed by atoms with Crippen LogP contribution in [-0.4, -0.2) is 11.6 Å². The average molecular weight is 224 g/mol. The van der Waals surface area contributed by atoms with Gasteiger partial charge in [0, 0.05) is 12.8 Å². The van der Waals surface area contributed by atoms with E-state index < -0.39 is 0 Å². The largest absolute Gasteiger partial charge is 0.455 e. The van der Waals surface area contributed by atoms with E-state index in [-0.39, 0.29) is 11.6 Å². The smallest absolute Gasteiger partial charge is 0.303 e. The molecule has 0 aromatic rings. The number of carbonyl (C=O) groups is 1. The van der Waals surface area contributed by atoms with Crippen LogP contribution in [0.2, 0.25) is 0 Å². The van der Waals surface area contributed by atoms with Crippen molar-refractivity contribution in [1.29, 1.82) is 0 Å². The monoisotopic (exact) mass is 224 g/mol. The van der Waals surface area contributed by atoms with E-state index in [1.54, 1.807) is 0 Å². The molecule has 1 rings (SSSR count). The van der Waals surface area contributed by atoms with Gasteiger partial charge in [0.05, 0.1) is 0 Å². The normalized spacial score (nSPS) is 29.8. The van der Waals surface area contributed by atoms with E-state index in [0.29, 0.717) is 5.92 Å². The molecule has 0 spiro atoms. The van der Waals surface area contributed by atoms with Gasteiger partial charge in [0.15, 0.2) is 0 Å². The number of unbranched alkanes of at least 4 members (excludes halogenated alkanes) is 1. The molecule has 2 atom stereocenters. The molecule has 0 amide bonds. The van der Waals surface area contributed by atoms with E-state index in [0.717, 1.165) is 19.3 Å². The maximum absolute atomic E-state index is 11.2. The SMILES string of the molecule is C=CC1(OC(C)=O)CCCCC1CCCC. The Hall–Kier alpha value is -0.790. The summed E-state index contributed by atoms with van der Waals surface area (Å²) in [4.78, 5) is 11.2. The molecule has 0 aromatic carbocycles. The standard InChI is InChI=1S/C14H24O2/c1-4-6-9-13-10-7-8-11-14(13,5-2)16-12(3)15/h5,13H,2,4,6-11H2,1,3H3. The summed E-state index contributed by atoms with van der Waals surface area (Å²) < 4.78 is 5.58. The molecule has 16 heavy (non-hydrogen) atoms. The molecule has 0 radical (unpaired) electrons. The van der Waals surface area contributed by atoms with E-state index >= 15 is 0 Å². The molecule has 0 aromatic heterocycles. The van der Waals surface area contributed by atoms with Crippen LogP contribution in [-0.2, 0) is 9.53 Å². The first kappa shape index (κ1) is 13.3. The fourth-order valence-electron chi connectivity index (χ4n) is 2.79. The molecule has 2 nitrogen and oxygen atoms in total. The summed E-state index contributed by atoms with van der Waals surface area (Å²) >= 11 is 0. The third kappa shape index (κ3) is 3.10. The first-order valence-electron chi connectivity index (χ1n) is 6.48. The Kier molecular flexibility index (Phi) is 5.04. The Bertz CT molecular complexity index is 247. The highest BCUT2D eigenvalue weighted by atomic mass is 16.6. The summed E-state index contributed by atoms with van der Waals surface area (Å²) in [6, 6.07) is 0. The minimum atomic E-state index is -0.376. The molecular weight excluding hydrogens is 200 g/mol. The highest BCUT2D eigenvalue weighted by molar-refractivity contribution is 5.67. The Balaban J connectivity index is 2.74. The fourth-order valence-corrected chi connectivity index (χ4v) is 2.79. The van der Waals surface area contributed by atoms with Crippen LogP contribution < -0.4 is 0 Å². The van der Waals surface area contributed by atoms with Crippen LogP contribution in [0.15, 0.2) is 12.7 Å². The van der Waals surface area contributed by atoms with Gasteiger partial charge in [-0.25, -0.2) is 0 Å². The Morgan fingerprint density at radius 2 is 2.31 bits per heavy atom. The second-order valence-corrected chi connectivity index (χ2v) is 4.84. The van der Waals surface area contributed by atoms with Crippen LogP contribution in [0.1, 0.15) is 58.8 Å². The Morgan fingerprint density at radius 1 is 1.56 bits per heavy atom. The van der Waals surface area contributed by atoms with Gasteiger partial charge in [-0.3, -0.25) is 4.79 Å². The molecule has 0 bridgehead atoms. The first-order chi connectivity index (χ1) is 7.64. The summed E-state index contributed by atoms with van der Waals surface area (Å²) in [5.41, 5.74) is -0.376. The van der Waals surface area contributed by atoms with E-state index in [9.17, 15) is 4.79 Å². The molecular formula is C14H24O2. The van der Waals surface area contributed by atoms with Gasteiger partial charge in [-0.1, -0.05) is 32.8 Å². The van der Waals surface area contributed by atoms with Crippen LogP contribution in [0.3, 0.4) is 0 Å². The summed E-state index contributed by atoms with van der Waals surface area (Å²) in [5, 5.41) is 0. The summed E-state index contributed by atoms with van der Waals surface area (Å²) in [6.45, 7) is 7.59. The van der Waals surface area contributed by atoms with Crippen molar-refractivity contribution in [3.05, 3.63) is 12.7 Å². The summed E-state index contributed by atoms with van der Waals surface area (Å²) in [7, 11) is 0. The van der Waals surface area contributed by atoms with Gasteiger partial charge in [-0.05, 0) is 31.8 Å². The number of carbonyl (C=O) groups excluding carboxylic acids is 1. The molecule has 0 heterocycles. The lowest BCUT2D eigenvalue weighted by Crippen LogP contribution is -2.42. The lowest BCUT2D eigenvalue weighted by atomic mass is 9.73. The predicted octanol–water partition coefficient (Wildman–Crippen LogP) is 3.85. The highest BCUT2D eigenvalue weighted by Gasteiger charge is 2.40. The molecule has 1 fully saturated rings. The highest BCUT2D eigenvalue weighted by Crippen LogP contribution is 2.40. The van der Waals surface area contributed by atoms with Crippen molar-refractivity contribution in [2.45, 2.75) is 64.4 Å². The van der Waals surface area contributed by atoms with Crippen LogP contribution in [0.5, 0.6) is 0 Å². The van der Waals surface area contributed by atoms with Gasteiger partial charge < -0.3 is 4.74 Å². The quantitative estimate of drug-likeness (QED) is 0.523. The maximum Gasteiger partial charge on any atom is 0.303 e. The number of hydrogen-bond donors (Lipinski definition) is 0. The van der Waals surface area contributed by atoms with Crippen molar-refractivity contribution in [1.82, 2.24) is 0 Å². The molecule has 1 aliphatic carbocycles. The molecule has 0 saturated heterocycles. The van der Waals surface area contributed by atoms with Crippen molar-refractivity contribution < 1.29 is 9.53 Å². The first-order valence-corrected chi connectivity index (χ1v) is 6.48. The minimum Gasteiger partial charge on any atom is -0.455 e. The van der Waals surface area contributed by atoms with Crippen molar-refractivity contribution in [2.75, 3.05) is 0 Å². The van der Waals surface area contributed by atoms with Crippen molar-refractivity contribution >= 4 is 5.97 Å². The number of esters is 1. The van der Waals surface area contributed by atoms with E-state index in [1.165, 1.54) is 32.6 Å². The molecule has 0 N–H and O–H groups in total. The molecule has 1 saturated carbocycles. The van der Waals surface area contributed by atoms with Crippen molar-refractivity contribution in [2.24, 2.45) is 5.92 Å². The molecule has 0 aliphatic heterocycles. The second kappa shape index (κ2) is 6.07. The van der Waals surface area contributed by atoms with Gasteiger partial charge in [0.1, 0.15) is 5.60 Å².